The highest BCUT2D eigenvalue weighted by Crippen LogP contribution is 2.29. The normalized spacial score (nSPS) is 12.5. The molecule has 1 aromatic carbocycles. The van der Waals surface area contributed by atoms with Crippen LogP contribution in [-0.2, 0) is 6.18 Å². The molecule has 0 atom stereocenters. The highest BCUT2D eigenvalue weighted by atomic mass is 32.1. The summed E-state index contributed by atoms with van der Waals surface area (Å²) in [6.45, 7) is 6.89. The van der Waals surface area contributed by atoms with Crippen LogP contribution in [-0.4, -0.2) is 28.6 Å². The number of aryl methyl sites for hydroxylation is 1. The zero-order valence-electron chi connectivity index (χ0n) is 14.3. The number of rotatable bonds is 4. The summed E-state index contributed by atoms with van der Waals surface area (Å²) in [6, 6.07) is 4.46. The van der Waals surface area contributed by atoms with E-state index >= 15 is 0 Å². The molecule has 0 N–H and O–H groups in total. The highest BCUT2D eigenvalue weighted by Gasteiger charge is 2.30. The molecule has 0 radical (unpaired) electrons. The van der Waals surface area contributed by atoms with Gasteiger partial charge in [0.1, 0.15) is 0 Å². The molecule has 2 rings (SSSR count). The first-order valence-corrected chi connectivity index (χ1v) is 8.78. The van der Waals surface area contributed by atoms with Crippen molar-refractivity contribution in [1.29, 1.82) is 0 Å². The molecule has 2 aromatic rings. The van der Waals surface area contributed by atoms with Crippen molar-refractivity contribution in [3.8, 4) is 5.69 Å². The van der Waals surface area contributed by atoms with Crippen LogP contribution in [0.1, 0.15) is 30.7 Å². The van der Waals surface area contributed by atoms with Crippen LogP contribution in [0.5, 0.6) is 0 Å². The Hall–Kier alpha value is -2.09. The lowest BCUT2D eigenvalue weighted by Crippen LogP contribution is -2.31. The molecule has 0 aliphatic rings. The average Bonchev–Trinajstić information content (AvgIpc) is 2.92. The molecule has 0 unspecified atom stereocenters. The summed E-state index contributed by atoms with van der Waals surface area (Å²) in [5, 5.41) is 0. The van der Waals surface area contributed by atoms with Gasteiger partial charge in [-0.05, 0) is 44.5 Å². The molecule has 0 saturated heterocycles. The summed E-state index contributed by atoms with van der Waals surface area (Å²) in [7, 11) is 0. The van der Waals surface area contributed by atoms with E-state index < -0.39 is 11.7 Å². The molecule has 4 nitrogen and oxygen atoms in total. The topological polar surface area (TPSA) is 37.6 Å². The summed E-state index contributed by atoms with van der Waals surface area (Å²) in [4.78, 5) is 19.5. The number of aromatic nitrogens is 1. The fourth-order valence-corrected chi connectivity index (χ4v) is 3.17. The van der Waals surface area contributed by atoms with Crippen LogP contribution in [0.25, 0.3) is 5.69 Å². The molecule has 1 aromatic heterocycles. The van der Waals surface area contributed by atoms with E-state index in [1.165, 1.54) is 23.5 Å². The molecule has 2 amide bonds. The van der Waals surface area contributed by atoms with Crippen LogP contribution < -0.4 is 4.80 Å². The van der Waals surface area contributed by atoms with Gasteiger partial charge in [0.25, 0.3) is 0 Å². The van der Waals surface area contributed by atoms with Gasteiger partial charge in [0, 0.05) is 29.9 Å². The lowest BCUT2D eigenvalue weighted by Gasteiger charge is -2.16. The van der Waals surface area contributed by atoms with E-state index in [0.717, 1.165) is 23.4 Å². The molecule has 0 aliphatic carbocycles. The van der Waals surface area contributed by atoms with Gasteiger partial charge in [-0.25, -0.2) is 4.79 Å². The van der Waals surface area contributed by atoms with Crippen molar-refractivity contribution in [3.05, 3.63) is 45.7 Å². The largest absolute Gasteiger partial charge is 0.416 e. The molecule has 0 saturated carbocycles. The Bertz CT molecular complexity index is 791. The second-order valence-electron chi connectivity index (χ2n) is 5.51. The number of carbonyl (C=O) groups excluding carboxylic acids is 1. The summed E-state index contributed by atoms with van der Waals surface area (Å²) >= 11 is 1.32. The molecule has 0 aliphatic heterocycles. The molecule has 1 heterocycles. The lowest BCUT2D eigenvalue weighted by atomic mass is 10.2. The summed E-state index contributed by atoms with van der Waals surface area (Å²) in [5.41, 5.74) is -0.180. The van der Waals surface area contributed by atoms with Crippen molar-refractivity contribution in [1.82, 2.24) is 9.47 Å². The fraction of sp³-hybridized carbons (Fsp3) is 0.412. The van der Waals surface area contributed by atoms with Crippen LogP contribution in [0.15, 0.2) is 35.5 Å². The molecule has 136 valence electrons. The van der Waals surface area contributed by atoms with Gasteiger partial charge in [-0.3, -0.25) is 4.57 Å². The van der Waals surface area contributed by atoms with Gasteiger partial charge in [0.2, 0.25) is 0 Å². The van der Waals surface area contributed by atoms with E-state index in [2.05, 4.69) is 4.99 Å². The van der Waals surface area contributed by atoms with Gasteiger partial charge >= 0.3 is 12.2 Å². The molecule has 0 spiro atoms. The predicted molar refractivity (Wildman–Crippen MR) is 91.9 cm³/mol. The van der Waals surface area contributed by atoms with Crippen LogP contribution in [0.2, 0.25) is 0 Å². The maximum absolute atomic E-state index is 12.7. The van der Waals surface area contributed by atoms with Crippen LogP contribution in [0, 0.1) is 6.92 Å². The van der Waals surface area contributed by atoms with E-state index in [9.17, 15) is 18.0 Å². The highest BCUT2D eigenvalue weighted by molar-refractivity contribution is 7.09. The van der Waals surface area contributed by atoms with Gasteiger partial charge in [-0.15, -0.1) is 11.3 Å². The second-order valence-corrected chi connectivity index (χ2v) is 6.73. The minimum Gasteiger partial charge on any atom is -0.323 e. The molecular formula is C17H20F3N3OS. The number of hydrogen-bond acceptors (Lipinski definition) is 2. The van der Waals surface area contributed by atoms with Crippen molar-refractivity contribution in [2.45, 2.75) is 33.4 Å². The number of thiazole rings is 1. The standard InChI is InChI=1S/C17H20F3N3OS/c1-4-10-22(5-2)15(24)21-16-23(11-12(3)25-16)14-8-6-13(7-9-14)17(18,19)20/h6-9,11H,4-5,10H2,1-3H3/b21-16-. The zero-order chi connectivity index (χ0) is 18.6. The van der Waals surface area contributed by atoms with Gasteiger partial charge in [-0.1, -0.05) is 6.92 Å². The first-order valence-electron chi connectivity index (χ1n) is 7.96. The van der Waals surface area contributed by atoms with Gasteiger partial charge in [0.15, 0.2) is 4.80 Å². The SMILES string of the molecule is CCCN(CC)C(=O)/N=c1\sc(C)cn1-c1ccc(C(F)(F)F)cc1. The zero-order valence-corrected chi connectivity index (χ0v) is 15.1. The number of hydrogen-bond donors (Lipinski definition) is 0. The number of alkyl halides is 3. The maximum Gasteiger partial charge on any atom is 0.416 e. The van der Waals surface area contributed by atoms with Crippen LogP contribution >= 0.6 is 11.3 Å². The van der Waals surface area contributed by atoms with Crippen molar-refractivity contribution >= 4 is 17.4 Å². The number of carbonyl (C=O) groups is 1. The molecule has 0 fully saturated rings. The Morgan fingerprint density at radius 2 is 1.88 bits per heavy atom. The molecule has 25 heavy (non-hydrogen) atoms. The van der Waals surface area contributed by atoms with E-state index in [1.54, 1.807) is 15.7 Å². The monoisotopic (exact) mass is 371 g/mol. The number of urea groups is 1. The van der Waals surface area contributed by atoms with Crippen molar-refractivity contribution in [2.24, 2.45) is 4.99 Å². The van der Waals surface area contributed by atoms with Crippen molar-refractivity contribution in [3.63, 3.8) is 0 Å². The Morgan fingerprint density at radius 1 is 1.24 bits per heavy atom. The van der Waals surface area contributed by atoms with Gasteiger partial charge in [0.05, 0.1) is 5.56 Å². The van der Waals surface area contributed by atoms with E-state index in [0.29, 0.717) is 23.6 Å². The number of benzene rings is 1. The third kappa shape index (κ3) is 4.72. The summed E-state index contributed by atoms with van der Waals surface area (Å²) in [6.07, 6.45) is -1.79. The Kier molecular flexibility index (Phi) is 6.05. The van der Waals surface area contributed by atoms with E-state index in [4.69, 9.17) is 0 Å². The van der Waals surface area contributed by atoms with Crippen LogP contribution in [0.4, 0.5) is 18.0 Å². The second kappa shape index (κ2) is 7.86. The fourth-order valence-electron chi connectivity index (χ4n) is 2.34. The third-order valence-corrected chi connectivity index (χ3v) is 4.48. The average molecular weight is 371 g/mol. The summed E-state index contributed by atoms with van der Waals surface area (Å²) < 4.78 is 39.7. The first kappa shape index (κ1) is 19.2. The van der Waals surface area contributed by atoms with Crippen molar-refractivity contribution in [2.75, 3.05) is 13.1 Å². The predicted octanol–water partition coefficient (Wildman–Crippen LogP) is 4.62. The van der Waals surface area contributed by atoms with Gasteiger partial charge < -0.3 is 4.90 Å². The van der Waals surface area contributed by atoms with E-state index in [1.807, 2.05) is 20.8 Å². The number of nitrogens with zero attached hydrogens (tertiary/aromatic N) is 3. The molecular weight excluding hydrogens is 351 g/mol. The lowest BCUT2D eigenvalue weighted by molar-refractivity contribution is -0.137. The summed E-state index contributed by atoms with van der Waals surface area (Å²) in [5.74, 6) is 0. The van der Waals surface area contributed by atoms with Crippen LogP contribution in [0.3, 0.4) is 0 Å². The van der Waals surface area contributed by atoms with Gasteiger partial charge in [-0.2, -0.15) is 18.2 Å². The quantitative estimate of drug-likeness (QED) is 0.773. The molecule has 0 bridgehead atoms. The first-order chi connectivity index (χ1) is 11.8. The smallest absolute Gasteiger partial charge is 0.323 e. The third-order valence-electron chi connectivity index (χ3n) is 3.58. The Balaban J connectivity index is 2.41. The maximum atomic E-state index is 12.7. The Morgan fingerprint density at radius 3 is 2.40 bits per heavy atom. The molecule has 8 heteroatoms. The van der Waals surface area contributed by atoms with E-state index in [-0.39, 0.29) is 6.03 Å². The number of halogens is 3. The minimum absolute atomic E-state index is 0.341. The minimum atomic E-state index is -4.38. The Labute approximate surface area is 148 Å². The number of amides is 2. The van der Waals surface area contributed by atoms with Crippen molar-refractivity contribution < 1.29 is 18.0 Å².